The molecule has 24 heavy (non-hydrogen) atoms. The molecule has 0 spiro atoms. The average Bonchev–Trinajstić information content (AvgIpc) is 2.47. The molecular formula is C20H26F2N2. The Morgan fingerprint density at radius 2 is 1.75 bits per heavy atom. The van der Waals surface area contributed by atoms with E-state index in [1.165, 1.54) is 11.1 Å². The zero-order valence-corrected chi connectivity index (χ0v) is 15.2. The van der Waals surface area contributed by atoms with Gasteiger partial charge in [-0.3, -0.25) is 0 Å². The molecule has 1 fully saturated rings. The lowest BCUT2D eigenvalue weighted by Gasteiger charge is -2.31. The highest BCUT2D eigenvalue weighted by Crippen LogP contribution is 2.44. The third kappa shape index (κ3) is 3.15. The first-order valence-electron chi connectivity index (χ1n) is 8.74. The van der Waals surface area contributed by atoms with E-state index in [1.807, 2.05) is 13.1 Å². The molecule has 0 unspecified atom stereocenters. The topological polar surface area (TPSA) is 25.8 Å². The van der Waals surface area contributed by atoms with Crippen molar-refractivity contribution < 1.29 is 8.78 Å². The maximum Gasteiger partial charge on any atom is 0.248 e. The van der Waals surface area contributed by atoms with Gasteiger partial charge >= 0.3 is 0 Å². The summed E-state index contributed by atoms with van der Waals surface area (Å²) in [5.41, 5.74) is 4.53. The predicted octanol–water partition coefficient (Wildman–Crippen LogP) is 5.84. The Morgan fingerprint density at radius 1 is 1.12 bits per heavy atom. The second-order valence-corrected chi connectivity index (χ2v) is 8.20. The first-order chi connectivity index (χ1) is 11.1. The molecule has 1 aliphatic rings. The highest BCUT2D eigenvalue weighted by atomic mass is 19.3. The third-order valence-electron chi connectivity index (χ3n) is 5.26. The van der Waals surface area contributed by atoms with Gasteiger partial charge in [0, 0.05) is 24.4 Å². The summed E-state index contributed by atoms with van der Waals surface area (Å²) >= 11 is 0. The van der Waals surface area contributed by atoms with Gasteiger partial charge in [0.1, 0.15) is 5.82 Å². The fourth-order valence-electron chi connectivity index (χ4n) is 3.88. The van der Waals surface area contributed by atoms with Gasteiger partial charge in [0.25, 0.3) is 0 Å². The smallest absolute Gasteiger partial charge is 0.241 e. The van der Waals surface area contributed by atoms with Crippen molar-refractivity contribution in [2.24, 2.45) is 0 Å². The van der Waals surface area contributed by atoms with E-state index in [4.69, 9.17) is 0 Å². The molecule has 3 rings (SSSR count). The number of aryl methyl sites for hydroxylation is 2. The summed E-state index contributed by atoms with van der Waals surface area (Å²) in [5, 5.41) is 1.06. The van der Waals surface area contributed by atoms with Gasteiger partial charge < -0.3 is 0 Å². The van der Waals surface area contributed by atoms with Crippen molar-refractivity contribution in [1.82, 2.24) is 9.97 Å². The van der Waals surface area contributed by atoms with Crippen molar-refractivity contribution >= 4 is 10.9 Å². The van der Waals surface area contributed by atoms with Crippen molar-refractivity contribution in [3.63, 3.8) is 0 Å². The standard InChI is InChI=1S/C20H26F2N2/c1-12-16-11-23-13(2)24-18(16)15(10-17(12)19(3,4)5)14-6-8-20(21,22)9-7-14/h10-11,14H,6-9H2,1-5H3. The molecule has 0 aliphatic heterocycles. The van der Waals surface area contributed by atoms with Crippen LogP contribution in [0.4, 0.5) is 8.78 Å². The average molecular weight is 332 g/mol. The van der Waals surface area contributed by atoms with Gasteiger partial charge in [-0.1, -0.05) is 26.8 Å². The van der Waals surface area contributed by atoms with Crippen LogP contribution >= 0.6 is 0 Å². The predicted molar refractivity (Wildman–Crippen MR) is 93.9 cm³/mol. The summed E-state index contributed by atoms with van der Waals surface area (Å²) in [5.74, 6) is -1.62. The molecule has 1 aliphatic carbocycles. The number of rotatable bonds is 1. The molecule has 0 N–H and O–H groups in total. The van der Waals surface area contributed by atoms with Crippen LogP contribution in [-0.4, -0.2) is 15.9 Å². The molecule has 2 aromatic rings. The number of benzene rings is 1. The Morgan fingerprint density at radius 3 is 2.33 bits per heavy atom. The summed E-state index contributed by atoms with van der Waals surface area (Å²) in [6, 6.07) is 2.22. The van der Waals surface area contributed by atoms with Gasteiger partial charge in [0.15, 0.2) is 0 Å². The molecule has 4 heteroatoms. The molecule has 130 valence electrons. The first kappa shape index (κ1) is 17.2. The van der Waals surface area contributed by atoms with Crippen LogP contribution in [0.5, 0.6) is 0 Å². The van der Waals surface area contributed by atoms with Gasteiger partial charge in [-0.05, 0) is 54.7 Å². The fraction of sp³-hybridized carbons (Fsp3) is 0.600. The van der Waals surface area contributed by atoms with Crippen LogP contribution in [0.25, 0.3) is 10.9 Å². The number of hydrogen-bond acceptors (Lipinski definition) is 2. The molecule has 0 bridgehead atoms. The normalized spacial score (nSPS) is 19.0. The zero-order valence-electron chi connectivity index (χ0n) is 15.2. The van der Waals surface area contributed by atoms with Crippen molar-refractivity contribution in [3.05, 3.63) is 34.8 Å². The molecule has 0 atom stereocenters. The first-order valence-corrected chi connectivity index (χ1v) is 8.74. The Balaban J connectivity index is 2.18. The van der Waals surface area contributed by atoms with Crippen LogP contribution in [-0.2, 0) is 5.41 Å². The summed E-state index contributed by atoms with van der Waals surface area (Å²) < 4.78 is 27.2. The van der Waals surface area contributed by atoms with Crippen LogP contribution in [0, 0.1) is 13.8 Å². The third-order valence-corrected chi connectivity index (χ3v) is 5.26. The van der Waals surface area contributed by atoms with E-state index in [9.17, 15) is 8.78 Å². The molecule has 1 aromatic carbocycles. The fourth-order valence-corrected chi connectivity index (χ4v) is 3.88. The highest BCUT2D eigenvalue weighted by Gasteiger charge is 2.36. The number of fused-ring (bicyclic) bond motifs is 1. The number of halogens is 2. The minimum Gasteiger partial charge on any atom is -0.241 e. The number of alkyl halides is 2. The lowest BCUT2D eigenvalue weighted by atomic mass is 9.76. The van der Waals surface area contributed by atoms with Gasteiger partial charge in [0.05, 0.1) is 5.52 Å². The van der Waals surface area contributed by atoms with Crippen molar-refractivity contribution in [3.8, 4) is 0 Å². The summed E-state index contributed by atoms with van der Waals surface area (Å²) in [4.78, 5) is 9.04. The van der Waals surface area contributed by atoms with E-state index in [-0.39, 0.29) is 24.2 Å². The Labute approximate surface area is 142 Å². The van der Waals surface area contributed by atoms with Gasteiger partial charge in [-0.2, -0.15) is 0 Å². The Kier molecular flexibility index (Phi) is 4.13. The van der Waals surface area contributed by atoms with Crippen LogP contribution in [0.3, 0.4) is 0 Å². The monoisotopic (exact) mass is 332 g/mol. The SMILES string of the molecule is Cc1ncc2c(C)c(C(C)(C)C)cc(C3CCC(F)(F)CC3)c2n1. The second kappa shape index (κ2) is 5.75. The van der Waals surface area contributed by atoms with Gasteiger partial charge in [-0.15, -0.1) is 0 Å². The molecule has 0 amide bonds. The Bertz CT molecular complexity index is 765. The molecule has 1 aromatic heterocycles. The van der Waals surface area contributed by atoms with Gasteiger partial charge in [-0.25, -0.2) is 18.7 Å². The van der Waals surface area contributed by atoms with Crippen LogP contribution in [0.15, 0.2) is 12.3 Å². The minimum atomic E-state index is -2.51. The number of nitrogens with zero attached hydrogens (tertiary/aromatic N) is 2. The molecule has 0 saturated heterocycles. The highest BCUT2D eigenvalue weighted by molar-refractivity contribution is 5.86. The van der Waals surface area contributed by atoms with E-state index in [1.54, 1.807) is 0 Å². The van der Waals surface area contributed by atoms with E-state index >= 15 is 0 Å². The molecule has 1 saturated carbocycles. The van der Waals surface area contributed by atoms with Crippen molar-refractivity contribution in [2.75, 3.05) is 0 Å². The van der Waals surface area contributed by atoms with Crippen LogP contribution in [0.1, 0.15) is 74.9 Å². The summed E-state index contributed by atoms with van der Waals surface area (Å²) in [6.45, 7) is 10.6. The number of aromatic nitrogens is 2. The van der Waals surface area contributed by atoms with E-state index in [2.05, 4.69) is 43.7 Å². The maximum atomic E-state index is 13.6. The van der Waals surface area contributed by atoms with Crippen molar-refractivity contribution in [2.45, 2.75) is 77.6 Å². The lowest BCUT2D eigenvalue weighted by molar-refractivity contribution is -0.0381. The van der Waals surface area contributed by atoms with Crippen molar-refractivity contribution in [1.29, 1.82) is 0 Å². The van der Waals surface area contributed by atoms with Crippen LogP contribution < -0.4 is 0 Å². The second-order valence-electron chi connectivity index (χ2n) is 8.20. The Hall–Kier alpha value is -1.58. The maximum absolute atomic E-state index is 13.6. The number of hydrogen-bond donors (Lipinski definition) is 0. The van der Waals surface area contributed by atoms with E-state index in [0.717, 1.165) is 22.3 Å². The van der Waals surface area contributed by atoms with Gasteiger partial charge in [0.2, 0.25) is 5.92 Å². The molecular weight excluding hydrogens is 306 g/mol. The summed E-state index contributed by atoms with van der Waals surface area (Å²) in [6.07, 6.45) is 2.89. The largest absolute Gasteiger partial charge is 0.248 e. The minimum absolute atomic E-state index is 0.00346. The molecule has 0 radical (unpaired) electrons. The molecule has 2 nitrogen and oxygen atoms in total. The molecule has 1 heterocycles. The van der Waals surface area contributed by atoms with E-state index in [0.29, 0.717) is 12.8 Å². The quantitative estimate of drug-likeness (QED) is 0.656. The lowest BCUT2D eigenvalue weighted by Crippen LogP contribution is -2.24. The van der Waals surface area contributed by atoms with E-state index < -0.39 is 5.92 Å². The summed E-state index contributed by atoms with van der Waals surface area (Å²) in [7, 11) is 0. The van der Waals surface area contributed by atoms with Crippen LogP contribution in [0.2, 0.25) is 0 Å². The zero-order chi connectivity index (χ0) is 17.7.